The van der Waals surface area contributed by atoms with Crippen LogP contribution in [0.2, 0.25) is 0 Å². The van der Waals surface area contributed by atoms with Gasteiger partial charge in [0.1, 0.15) is 0 Å². The standard InChI is InChI=1S/C15H24N2O2S2/c1-3-9-16-13-14-5-7-15(8-6-14)21(18,19)17-10-12-20-11-4-2/h4-8,16-17H,2-3,9-13H2,1H3. The Balaban J connectivity index is 2.48. The second-order valence-corrected chi connectivity index (χ2v) is 7.50. The summed E-state index contributed by atoms with van der Waals surface area (Å²) in [6.45, 7) is 7.89. The molecule has 0 saturated heterocycles. The molecule has 0 bridgehead atoms. The minimum Gasteiger partial charge on any atom is -0.313 e. The van der Waals surface area contributed by atoms with E-state index in [2.05, 4.69) is 23.5 Å². The second-order valence-electron chi connectivity index (χ2n) is 4.58. The van der Waals surface area contributed by atoms with Gasteiger partial charge in [-0.15, -0.1) is 6.58 Å². The molecule has 0 aliphatic heterocycles. The van der Waals surface area contributed by atoms with Crippen LogP contribution in [-0.2, 0) is 16.6 Å². The van der Waals surface area contributed by atoms with E-state index in [9.17, 15) is 8.42 Å². The molecule has 0 unspecified atom stereocenters. The van der Waals surface area contributed by atoms with Crippen LogP contribution in [0.15, 0.2) is 41.8 Å². The lowest BCUT2D eigenvalue weighted by atomic mass is 10.2. The molecule has 0 aromatic heterocycles. The molecule has 118 valence electrons. The van der Waals surface area contributed by atoms with Gasteiger partial charge in [0.2, 0.25) is 10.0 Å². The van der Waals surface area contributed by atoms with Gasteiger partial charge in [-0.25, -0.2) is 13.1 Å². The van der Waals surface area contributed by atoms with Crippen LogP contribution >= 0.6 is 11.8 Å². The monoisotopic (exact) mass is 328 g/mol. The molecule has 6 heteroatoms. The van der Waals surface area contributed by atoms with Crippen LogP contribution in [0.5, 0.6) is 0 Å². The first-order valence-electron chi connectivity index (χ1n) is 7.08. The van der Waals surface area contributed by atoms with Crippen molar-refractivity contribution in [2.24, 2.45) is 0 Å². The fourth-order valence-corrected chi connectivity index (χ4v) is 3.43. The third-order valence-corrected chi connectivity index (χ3v) is 5.20. The van der Waals surface area contributed by atoms with Crippen LogP contribution in [0.25, 0.3) is 0 Å². The van der Waals surface area contributed by atoms with Crippen LogP contribution in [0.3, 0.4) is 0 Å². The predicted molar refractivity (Wildman–Crippen MR) is 91.2 cm³/mol. The van der Waals surface area contributed by atoms with Crippen molar-refractivity contribution in [2.75, 3.05) is 24.6 Å². The molecule has 0 spiro atoms. The molecule has 0 aliphatic rings. The van der Waals surface area contributed by atoms with Crippen molar-refractivity contribution in [3.63, 3.8) is 0 Å². The Morgan fingerprint density at radius 2 is 1.95 bits per heavy atom. The van der Waals surface area contributed by atoms with E-state index in [4.69, 9.17) is 0 Å². The van der Waals surface area contributed by atoms with Crippen molar-refractivity contribution >= 4 is 21.8 Å². The van der Waals surface area contributed by atoms with Crippen molar-refractivity contribution in [3.05, 3.63) is 42.5 Å². The highest BCUT2D eigenvalue weighted by molar-refractivity contribution is 7.99. The molecule has 0 amide bonds. The van der Waals surface area contributed by atoms with Gasteiger partial charge in [0.05, 0.1) is 4.90 Å². The quantitative estimate of drug-likeness (QED) is 0.484. The molecule has 21 heavy (non-hydrogen) atoms. The smallest absolute Gasteiger partial charge is 0.240 e. The zero-order chi connectivity index (χ0) is 15.6. The molecule has 1 rings (SSSR count). The molecule has 2 N–H and O–H groups in total. The maximum absolute atomic E-state index is 12.1. The van der Waals surface area contributed by atoms with Crippen molar-refractivity contribution < 1.29 is 8.42 Å². The molecule has 0 saturated carbocycles. The molecule has 0 atom stereocenters. The van der Waals surface area contributed by atoms with E-state index < -0.39 is 10.0 Å². The topological polar surface area (TPSA) is 58.2 Å². The normalized spacial score (nSPS) is 11.5. The molecule has 0 heterocycles. The zero-order valence-electron chi connectivity index (χ0n) is 12.5. The first kappa shape index (κ1) is 18.2. The number of sulfonamides is 1. The minimum absolute atomic E-state index is 0.315. The van der Waals surface area contributed by atoms with Crippen LogP contribution in [-0.4, -0.2) is 33.0 Å². The summed E-state index contributed by atoms with van der Waals surface area (Å²) in [5.41, 5.74) is 1.09. The highest BCUT2D eigenvalue weighted by Gasteiger charge is 2.12. The molecule has 1 aromatic carbocycles. The van der Waals surface area contributed by atoms with Crippen molar-refractivity contribution in [1.29, 1.82) is 0 Å². The van der Waals surface area contributed by atoms with Crippen LogP contribution in [0.1, 0.15) is 18.9 Å². The average molecular weight is 329 g/mol. The number of hydrogen-bond donors (Lipinski definition) is 2. The summed E-state index contributed by atoms with van der Waals surface area (Å²) in [4.78, 5) is 0.315. The molecule has 0 fully saturated rings. The van der Waals surface area contributed by atoms with Gasteiger partial charge in [-0.2, -0.15) is 11.8 Å². The first-order chi connectivity index (χ1) is 10.1. The summed E-state index contributed by atoms with van der Waals surface area (Å²) in [6, 6.07) is 7.01. The summed E-state index contributed by atoms with van der Waals surface area (Å²) in [5, 5.41) is 3.29. The second kappa shape index (κ2) is 10.00. The summed E-state index contributed by atoms with van der Waals surface area (Å²) >= 11 is 1.65. The van der Waals surface area contributed by atoms with E-state index in [0.29, 0.717) is 11.4 Å². The number of hydrogen-bond acceptors (Lipinski definition) is 4. The van der Waals surface area contributed by atoms with Crippen LogP contribution in [0, 0.1) is 0 Å². The van der Waals surface area contributed by atoms with E-state index in [-0.39, 0.29) is 0 Å². The Kier molecular flexibility index (Phi) is 8.68. The van der Waals surface area contributed by atoms with Gasteiger partial charge in [-0.3, -0.25) is 0 Å². The third kappa shape index (κ3) is 7.13. The fourth-order valence-electron chi connectivity index (χ4n) is 1.69. The van der Waals surface area contributed by atoms with Gasteiger partial charge in [-0.05, 0) is 30.7 Å². The highest BCUT2D eigenvalue weighted by atomic mass is 32.2. The summed E-state index contributed by atoms with van der Waals surface area (Å²) in [7, 11) is -3.40. The average Bonchev–Trinajstić information content (AvgIpc) is 2.48. The Bertz CT molecular complexity index is 513. The lowest BCUT2D eigenvalue weighted by molar-refractivity contribution is 0.584. The van der Waals surface area contributed by atoms with Crippen molar-refractivity contribution in [1.82, 2.24) is 10.0 Å². The van der Waals surface area contributed by atoms with Gasteiger partial charge in [0.25, 0.3) is 0 Å². The number of nitrogens with one attached hydrogen (secondary N) is 2. The molecular weight excluding hydrogens is 304 g/mol. The van der Waals surface area contributed by atoms with Gasteiger partial charge < -0.3 is 5.32 Å². The van der Waals surface area contributed by atoms with Gasteiger partial charge in [0.15, 0.2) is 0 Å². The molecule has 0 radical (unpaired) electrons. The van der Waals surface area contributed by atoms with Gasteiger partial charge >= 0.3 is 0 Å². The Morgan fingerprint density at radius 3 is 2.57 bits per heavy atom. The first-order valence-corrected chi connectivity index (χ1v) is 9.72. The predicted octanol–water partition coefficient (Wildman–Crippen LogP) is 2.38. The number of rotatable bonds is 11. The molecule has 0 aliphatic carbocycles. The lowest BCUT2D eigenvalue weighted by Crippen LogP contribution is -2.26. The van der Waals surface area contributed by atoms with Crippen LogP contribution < -0.4 is 10.0 Å². The Labute approximate surface area is 132 Å². The van der Waals surface area contributed by atoms with Crippen LogP contribution in [0.4, 0.5) is 0 Å². The molecular formula is C15H24N2O2S2. The van der Waals surface area contributed by atoms with Gasteiger partial charge in [-0.1, -0.05) is 25.1 Å². The summed E-state index contributed by atoms with van der Waals surface area (Å²) in [5.74, 6) is 1.57. The number of thioether (sulfide) groups is 1. The Hall–Kier alpha value is -0.820. The van der Waals surface area contributed by atoms with E-state index in [1.165, 1.54) is 0 Å². The lowest BCUT2D eigenvalue weighted by Gasteiger charge is -2.08. The van der Waals surface area contributed by atoms with E-state index in [0.717, 1.165) is 36.6 Å². The maximum atomic E-state index is 12.1. The Morgan fingerprint density at radius 1 is 1.24 bits per heavy atom. The largest absolute Gasteiger partial charge is 0.313 e. The SMILES string of the molecule is C=CCSCCNS(=O)(=O)c1ccc(CNCCC)cc1. The highest BCUT2D eigenvalue weighted by Crippen LogP contribution is 2.10. The van der Waals surface area contributed by atoms with Gasteiger partial charge in [0, 0.05) is 24.6 Å². The van der Waals surface area contributed by atoms with E-state index in [1.807, 2.05) is 18.2 Å². The molecule has 4 nitrogen and oxygen atoms in total. The minimum atomic E-state index is -3.40. The third-order valence-electron chi connectivity index (χ3n) is 2.76. The number of benzene rings is 1. The summed E-state index contributed by atoms with van der Waals surface area (Å²) < 4.78 is 26.8. The van der Waals surface area contributed by atoms with Crippen molar-refractivity contribution in [3.8, 4) is 0 Å². The molecule has 1 aromatic rings. The summed E-state index contributed by atoms with van der Waals surface area (Å²) in [6.07, 6.45) is 2.89. The van der Waals surface area contributed by atoms with E-state index >= 15 is 0 Å². The maximum Gasteiger partial charge on any atom is 0.240 e. The van der Waals surface area contributed by atoms with E-state index in [1.54, 1.807) is 23.9 Å². The fraction of sp³-hybridized carbons (Fsp3) is 0.467. The zero-order valence-corrected chi connectivity index (χ0v) is 14.1. The van der Waals surface area contributed by atoms with Crippen molar-refractivity contribution in [2.45, 2.75) is 24.8 Å².